The third kappa shape index (κ3) is 19.1. The molecule has 16 heavy (non-hydrogen) atoms. The van der Waals surface area contributed by atoms with Crippen molar-refractivity contribution < 1.29 is 19.8 Å². The highest BCUT2D eigenvalue weighted by Gasteiger charge is 2.04. The maximum atomic E-state index is 9.10. The second-order valence-corrected chi connectivity index (χ2v) is 4.39. The number of thiol groups is 2. The number of carboxylic acids is 2. The number of hydrogen-bond donors (Lipinski definition) is 6. The highest BCUT2D eigenvalue weighted by molar-refractivity contribution is 8.11. The minimum atomic E-state index is -1.82. The smallest absolute Gasteiger partial charge is 0.414 e. The minimum absolute atomic E-state index is 0.492. The predicted molar refractivity (Wildman–Crippen MR) is 74.4 cm³/mol. The molecule has 0 radical (unpaired) electrons. The van der Waals surface area contributed by atoms with Crippen LogP contribution < -0.4 is 10.6 Å². The molecular weight excluding hydrogens is 292 g/mol. The molecule has 0 aromatic carbocycles. The molecule has 0 aliphatic rings. The summed E-state index contributed by atoms with van der Waals surface area (Å²) >= 11 is 17.0. The van der Waals surface area contributed by atoms with E-state index in [1.807, 2.05) is 0 Å². The van der Waals surface area contributed by atoms with Gasteiger partial charge in [-0.05, 0) is 0 Å². The zero-order valence-corrected chi connectivity index (χ0v) is 11.3. The van der Waals surface area contributed by atoms with Crippen LogP contribution in [0.25, 0.3) is 0 Å². The molecule has 0 aliphatic heterocycles. The Hall–Kier alpha value is -0.580. The number of rotatable bonds is 3. The molecule has 0 saturated carbocycles. The SMILES string of the molecule is O=C(O)C(=O)O.S=C(S)NCCNC(=S)S. The van der Waals surface area contributed by atoms with Gasteiger partial charge in [0.05, 0.1) is 0 Å². The van der Waals surface area contributed by atoms with Crippen molar-refractivity contribution in [3.63, 3.8) is 0 Å². The van der Waals surface area contributed by atoms with Crippen molar-refractivity contribution in [2.45, 2.75) is 0 Å². The van der Waals surface area contributed by atoms with Gasteiger partial charge < -0.3 is 20.8 Å². The van der Waals surface area contributed by atoms with Crippen LogP contribution in [0.1, 0.15) is 0 Å². The van der Waals surface area contributed by atoms with Gasteiger partial charge in [-0.25, -0.2) is 9.59 Å². The van der Waals surface area contributed by atoms with E-state index in [9.17, 15) is 0 Å². The van der Waals surface area contributed by atoms with Gasteiger partial charge in [0.2, 0.25) is 0 Å². The molecule has 0 amide bonds. The topological polar surface area (TPSA) is 98.7 Å². The van der Waals surface area contributed by atoms with Crippen molar-refractivity contribution in [2.24, 2.45) is 0 Å². The number of aliphatic carboxylic acids is 2. The van der Waals surface area contributed by atoms with Gasteiger partial charge in [0.25, 0.3) is 0 Å². The maximum Gasteiger partial charge on any atom is 0.414 e. The number of thiocarbonyl (C=S) groups is 2. The first-order valence-corrected chi connectivity index (χ1v) is 5.38. The summed E-state index contributed by atoms with van der Waals surface area (Å²) in [6.45, 7) is 1.42. The van der Waals surface area contributed by atoms with Crippen LogP contribution in [0, 0.1) is 0 Å². The van der Waals surface area contributed by atoms with E-state index in [0.29, 0.717) is 21.7 Å². The molecule has 0 saturated heterocycles. The fourth-order valence-electron chi connectivity index (χ4n) is 0.339. The summed E-state index contributed by atoms with van der Waals surface area (Å²) in [6.07, 6.45) is 0. The van der Waals surface area contributed by atoms with Crippen LogP contribution in [-0.2, 0) is 9.59 Å². The fourth-order valence-corrected chi connectivity index (χ4v) is 0.767. The number of carboxylic acid groups (broad SMARTS) is 2. The zero-order valence-electron chi connectivity index (χ0n) is 7.84. The van der Waals surface area contributed by atoms with Gasteiger partial charge in [-0.1, -0.05) is 24.4 Å². The Balaban J connectivity index is 0. The van der Waals surface area contributed by atoms with Crippen molar-refractivity contribution >= 4 is 70.3 Å². The molecule has 0 heterocycles. The summed E-state index contributed by atoms with van der Waals surface area (Å²) in [5.74, 6) is -3.65. The van der Waals surface area contributed by atoms with Crippen LogP contribution in [0.4, 0.5) is 0 Å². The van der Waals surface area contributed by atoms with Crippen molar-refractivity contribution in [3.05, 3.63) is 0 Å². The second-order valence-electron chi connectivity index (χ2n) is 2.07. The van der Waals surface area contributed by atoms with Crippen molar-refractivity contribution in [2.75, 3.05) is 13.1 Å². The molecule has 92 valence electrons. The number of nitrogens with one attached hydrogen (secondary N) is 2. The van der Waals surface area contributed by atoms with Crippen LogP contribution in [0.2, 0.25) is 0 Å². The lowest BCUT2D eigenvalue weighted by atomic mass is 10.6. The average molecular weight is 302 g/mol. The lowest BCUT2D eigenvalue weighted by Crippen LogP contribution is -2.29. The molecular formula is C6H10N2O4S4. The molecule has 0 aromatic heterocycles. The van der Waals surface area contributed by atoms with Gasteiger partial charge in [0, 0.05) is 13.1 Å². The van der Waals surface area contributed by atoms with E-state index in [0.717, 1.165) is 0 Å². The molecule has 6 nitrogen and oxygen atoms in total. The van der Waals surface area contributed by atoms with Crippen molar-refractivity contribution in [1.29, 1.82) is 0 Å². The highest BCUT2D eigenvalue weighted by atomic mass is 32.1. The van der Waals surface area contributed by atoms with E-state index in [2.05, 4.69) is 60.3 Å². The van der Waals surface area contributed by atoms with Crippen LogP contribution >= 0.6 is 49.7 Å². The molecule has 0 fully saturated rings. The Morgan fingerprint density at radius 2 is 1.19 bits per heavy atom. The van der Waals surface area contributed by atoms with Crippen molar-refractivity contribution in [1.82, 2.24) is 10.6 Å². The molecule has 10 heteroatoms. The summed E-state index contributed by atoms with van der Waals surface area (Å²) in [4.78, 5) is 18.2. The summed E-state index contributed by atoms with van der Waals surface area (Å²) in [5, 5.41) is 20.5. The largest absolute Gasteiger partial charge is 0.473 e. The van der Waals surface area contributed by atoms with Crippen LogP contribution in [-0.4, -0.2) is 43.9 Å². The van der Waals surface area contributed by atoms with E-state index < -0.39 is 11.9 Å². The molecule has 0 unspecified atom stereocenters. The minimum Gasteiger partial charge on any atom is -0.473 e. The fraction of sp³-hybridized carbons (Fsp3) is 0.333. The van der Waals surface area contributed by atoms with Gasteiger partial charge in [-0.15, -0.1) is 25.3 Å². The Morgan fingerprint density at radius 3 is 1.31 bits per heavy atom. The zero-order chi connectivity index (χ0) is 13.1. The second kappa shape index (κ2) is 10.9. The lowest BCUT2D eigenvalue weighted by molar-refractivity contribution is -0.159. The molecule has 0 bridgehead atoms. The lowest BCUT2D eigenvalue weighted by Gasteiger charge is -2.03. The number of carbonyl (C=O) groups is 2. The molecule has 0 rings (SSSR count). The van der Waals surface area contributed by atoms with E-state index in [4.69, 9.17) is 19.8 Å². The van der Waals surface area contributed by atoms with Crippen LogP contribution in [0.15, 0.2) is 0 Å². The first kappa shape index (κ1) is 17.8. The van der Waals surface area contributed by atoms with E-state index in [1.165, 1.54) is 0 Å². The summed E-state index contributed by atoms with van der Waals surface area (Å²) in [7, 11) is 0. The van der Waals surface area contributed by atoms with Crippen molar-refractivity contribution in [3.8, 4) is 0 Å². The van der Waals surface area contributed by atoms with E-state index in [-0.39, 0.29) is 0 Å². The van der Waals surface area contributed by atoms with Gasteiger partial charge in [0.15, 0.2) is 0 Å². The molecule has 0 spiro atoms. The summed E-state index contributed by atoms with van der Waals surface area (Å²) in [5.41, 5.74) is 0. The van der Waals surface area contributed by atoms with Gasteiger partial charge in [0.1, 0.15) is 8.64 Å². The Kier molecular flexibility index (Phi) is 12.2. The number of hydrogen-bond acceptors (Lipinski definition) is 4. The van der Waals surface area contributed by atoms with Gasteiger partial charge in [-0.2, -0.15) is 0 Å². The van der Waals surface area contributed by atoms with Gasteiger partial charge >= 0.3 is 11.9 Å². The van der Waals surface area contributed by atoms with E-state index in [1.54, 1.807) is 0 Å². The Bertz CT molecular complexity index is 256. The Morgan fingerprint density at radius 1 is 0.938 bits per heavy atom. The first-order chi connectivity index (χ1) is 7.27. The maximum absolute atomic E-state index is 9.10. The highest BCUT2D eigenvalue weighted by Crippen LogP contribution is 1.77. The summed E-state index contributed by atoms with van der Waals surface area (Å²) in [6, 6.07) is 0. The molecule has 0 atom stereocenters. The van der Waals surface area contributed by atoms with Crippen LogP contribution in [0.3, 0.4) is 0 Å². The standard InChI is InChI=1S/C4H8N2S4.C2H2O4/c7-3(8)5-1-2-6-4(9)10;3-1(4)2(5)6/h1-2H2,(H2,5,7,8)(H2,6,9,10);(H,3,4)(H,5,6). The third-order valence-corrected chi connectivity index (χ3v) is 1.47. The quantitative estimate of drug-likeness (QED) is 0.184. The first-order valence-electron chi connectivity index (χ1n) is 3.67. The van der Waals surface area contributed by atoms with Gasteiger partial charge in [-0.3, -0.25) is 0 Å². The monoisotopic (exact) mass is 302 g/mol. The Labute approximate surface area is 114 Å². The molecule has 4 N–H and O–H groups in total. The predicted octanol–water partition coefficient (Wildman–Crippen LogP) is -0.249. The normalized spacial score (nSPS) is 8.12. The molecule has 0 aromatic rings. The van der Waals surface area contributed by atoms with E-state index >= 15 is 0 Å². The third-order valence-electron chi connectivity index (χ3n) is 0.860. The average Bonchev–Trinajstić information content (AvgIpc) is 2.12. The van der Waals surface area contributed by atoms with Crippen LogP contribution in [0.5, 0.6) is 0 Å². The molecule has 0 aliphatic carbocycles. The summed E-state index contributed by atoms with van der Waals surface area (Å²) < 4.78 is 0.985.